The van der Waals surface area contributed by atoms with Crippen molar-refractivity contribution in [1.29, 1.82) is 0 Å². The lowest BCUT2D eigenvalue weighted by Crippen LogP contribution is -2.41. The van der Waals surface area contributed by atoms with Gasteiger partial charge in [-0.05, 0) is 113 Å². The first-order valence-electron chi connectivity index (χ1n) is 13.1. The van der Waals surface area contributed by atoms with Gasteiger partial charge < -0.3 is 5.11 Å². The number of aliphatic hydroxyl groups is 1. The Morgan fingerprint density at radius 3 is 2.52 bits per heavy atom. The average molecular weight is 427 g/mol. The van der Waals surface area contributed by atoms with Gasteiger partial charge >= 0.3 is 0 Å². The number of allylic oxidation sites excluding steroid dienone is 5. The van der Waals surface area contributed by atoms with Gasteiger partial charge in [0.25, 0.3) is 0 Å². The van der Waals surface area contributed by atoms with Crippen molar-refractivity contribution in [2.24, 2.45) is 28.1 Å². The van der Waals surface area contributed by atoms with Crippen molar-refractivity contribution < 1.29 is 5.11 Å². The molecule has 1 nitrogen and oxygen atoms in total. The number of rotatable bonds is 6. The molecule has 176 valence electrons. The second-order valence-electron chi connectivity index (χ2n) is 13.1. The lowest BCUT2D eigenvalue weighted by atomic mass is 9.53. The first-order valence-corrected chi connectivity index (χ1v) is 13.1. The van der Waals surface area contributed by atoms with E-state index in [0.717, 1.165) is 31.6 Å². The van der Waals surface area contributed by atoms with Crippen molar-refractivity contribution in [2.45, 2.75) is 125 Å². The summed E-state index contributed by atoms with van der Waals surface area (Å²) in [6, 6.07) is 0. The molecule has 0 heterocycles. The Kier molecular flexibility index (Phi) is 7.37. The van der Waals surface area contributed by atoms with Crippen molar-refractivity contribution in [3.8, 4) is 0 Å². The van der Waals surface area contributed by atoms with E-state index in [1.165, 1.54) is 56.1 Å². The van der Waals surface area contributed by atoms with Crippen molar-refractivity contribution >= 4 is 0 Å². The monoisotopic (exact) mass is 426 g/mol. The number of hydrogen-bond acceptors (Lipinski definition) is 1. The van der Waals surface area contributed by atoms with Crippen LogP contribution in [0.4, 0.5) is 0 Å². The van der Waals surface area contributed by atoms with E-state index in [2.05, 4.69) is 61.1 Å². The average Bonchev–Trinajstić information content (AvgIpc) is 2.68. The molecule has 0 amide bonds. The fourth-order valence-corrected chi connectivity index (χ4v) is 7.01. The summed E-state index contributed by atoms with van der Waals surface area (Å²) in [5.41, 5.74) is 7.36. The Labute approximate surface area is 193 Å². The molecule has 0 saturated heterocycles. The molecule has 0 aliphatic heterocycles. The van der Waals surface area contributed by atoms with Crippen LogP contribution in [0.3, 0.4) is 0 Å². The van der Waals surface area contributed by atoms with E-state index in [0.29, 0.717) is 16.7 Å². The minimum atomic E-state index is -0.192. The molecule has 3 aliphatic carbocycles. The van der Waals surface area contributed by atoms with Gasteiger partial charge in [0.1, 0.15) is 0 Å². The van der Waals surface area contributed by atoms with Gasteiger partial charge in [0, 0.05) is 0 Å². The van der Waals surface area contributed by atoms with Crippen LogP contribution in [-0.2, 0) is 0 Å². The summed E-state index contributed by atoms with van der Waals surface area (Å²) >= 11 is 0. The van der Waals surface area contributed by atoms with E-state index >= 15 is 0 Å². The van der Waals surface area contributed by atoms with Gasteiger partial charge in [-0.15, -0.1) is 0 Å². The summed E-state index contributed by atoms with van der Waals surface area (Å²) in [7, 11) is 0. The second kappa shape index (κ2) is 9.20. The molecule has 0 aromatic carbocycles. The Hall–Kier alpha value is -0.820. The van der Waals surface area contributed by atoms with E-state index in [-0.39, 0.29) is 11.5 Å². The van der Waals surface area contributed by atoms with Gasteiger partial charge in [-0.2, -0.15) is 0 Å². The van der Waals surface area contributed by atoms with Crippen molar-refractivity contribution in [3.05, 3.63) is 34.9 Å². The van der Waals surface area contributed by atoms with Crippen molar-refractivity contribution in [3.63, 3.8) is 0 Å². The van der Waals surface area contributed by atoms with Crippen LogP contribution in [0.2, 0.25) is 0 Å². The summed E-state index contributed by atoms with van der Waals surface area (Å²) in [5, 5.41) is 10.5. The number of hydrogen-bond donors (Lipinski definition) is 1. The Bertz CT molecular complexity index is 734. The van der Waals surface area contributed by atoms with Crippen LogP contribution in [0.5, 0.6) is 0 Å². The molecule has 0 aromatic rings. The van der Waals surface area contributed by atoms with E-state index in [9.17, 15) is 5.11 Å². The van der Waals surface area contributed by atoms with Gasteiger partial charge in [0.2, 0.25) is 0 Å². The lowest BCUT2D eigenvalue weighted by Gasteiger charge is -2.52. The highest BCUT2D eigenvalue weighted by Crippen LogP contribution is 2.57. The summed E-state index contributed by atoms with van der Waals surface area (Å²) in [6.07, 6.45) is 15.8. The molecule has 3 rings (SSSR count). The zero-order valence-corrected chi connectivity index (χ0v) is 21.7. The van der Waals surface area contributed by atoms with E-state index < -0.39 is 0 Å². The van der Waals surface area contributed by atoms with E-state index in [4.69, 9.17) is 0 Å². The third-order valence-corrected chi connectivity index (χ3v) is 9.73. The van der Waals surface area contributed by atoms with Crippen molar-refractivity contribution in [1.82, 2.24) is 0 Å². The predicted octanol–water partition coefficient (Wildman–Crippen LogP) is 8.79. The van der Waals surface area contributed by atoms with Gasteiger partial charge in [-0.1, -0.05) is 69.6 Å². The lowest BCUT2D eigenvalue weighted by molar-refractivity contribution is -0.00880. The Morgan fingerprint density at radius 1 is 1.10 bits per heavy atom. The summed E-state index contributed by atoms with van der Waals surface area (Å²) in [6.45, 7) is 21.1. The largest absolute Gasteiger partial charge is 0.393 e. The SMILES string of the molecule is C=C1CC[C@H](O)C(C)(C)[C@@H]1CC/C(C)=C/CCC1=C(C)CC[C@@]2(C)CCC(C)(C)C[C@@H]12. The normalized spacial score (nSPS) is 35.8. The molecule has 0 radical (unpaired) electrons. The van der Waals surface area contributed by atoms with E-state index in [1.54, 1.807) is 11.1 Å². The molecule has 2 fully saturated rings. The summed E-state index contributed by atoms with van der Waals surface area (Å²) in [4.78, 5) is 0. The Morgan fingerprint density at radius 2 is 1.81 bits per heavy atom. The fraction of sp³-hybridized carbons (Fsp3) is 0.800. The summed E-state index contributed by atoms with van der Waals surface area (Å²) in [5.74, 6) is 1.24. The number of aliphatic hydroxyl groups excluding tert-OH is 1. The Balaban J connectivity index is 1.59. The van der Waals surface area contributed by atoms with E-state index in [1.807, 2.05) is 0 Å². The smallest absolute Gasteiger partial charge is 0.0599 e. The first kappa shape index (κ1) is 24.8. The zero-order valence-electron chi connectivity index (χ0n) is 21.7. The maximum atomic E-state index is 10.5. The first-order chi connectivity index (χ1) is 14.4. The molecular weight excluding hydrogens is 376 g/mol. The van der Waals surface area contributed by atoms with Crippen LogP contribution in [-0.4, -0.2) is 11.2 Å². The minimum absolute atomic E-state index is 0.0438. The van der Waals surface area contributed by atoms with Crippen LogP contribution < -0.4 is 0 Å². The molecule has 31 heavy (non-hydrogen) atoms. The molecule has 1 heteroatoms. The van der Waals surface area contributed by atoms with Crippen molar-refractivity contribution in [2.75, 3.05) is 0 Å². The minimum Gasteiger partial charge on any atom is -0.393 e. The third-order valence-electron chi connectivity index (χ3n) is 9.73. The molecule has 0 unspecified atom stereocenters. The second-order valence-corrected chi connectivity index (χ2v) is 13.1. The molecule has 3 aliphatic rings. The predicted molar refractivity (Wildman–Crippen MR) is 135 cm³/mol. The van der Waals surface area contributed by atoms with Gasteiger partial charge in [-0.25, -0.2) is 0 Å². The standard InChI is InChI=1S/C30H50O/c1-21(12-14-25-23(3)13-15-27(31)29(25,6)7)10-9-11-24-22(2)16-17-30(8)19-18-28(4,5)20-26(24)30/h10,25-27,31H,3,9,11-20H2,1-2,4-8H3/b21-10+/t25-,26+,27+,30+/m1/s1. The summed E-state index contributed by atoms with van der Waals surface area (Å²) < 4.78 is 0. The molecule has 0 aromatic heterocycles. The van der Waals surface area contributed by atoms with Gasteiger partial charge in [0.15, 0.2) is 0 Å². The van der Waals surface area contributed by atoms with Crippen LogP contribution in [0.15, 0.2) is 34.9 Å². The molecule has 0 spiro atoms. The molecule has 1 N–H and O–H groups in total. The zero-order chi connectivity index (χ0) is 23.0. The van der Waals surface area contributed by atoms with Gasteiger partial charge in [0.05, 0.1) is 6.10 Å². The van der Waals surface area contributed by atoms with Crippen LogP contribution in [0, 0.1) is 28.1 Å². The van der Waals surface area contributed by atoms with Crippen LogP contribution >= 0.6 is 0 Å². The number of fused-ring (bicyclic) bond motifs is 1. The highest BCUT2D eigenvalue weighted by molar-refractivity contribution is 5.25. The quantitative estimate of drug-likeness (QED) is 0.421. The molecule has 0 bridgehead atoms. The topological polar surface area (TPSA) is 20.2 Å². The molecular formula is C30H50O. The van der Waals surface area contributed by atoms with Gasteiger partial charge in [-0.3, -0.25) is 0 Å². The van der Waals surface area contributed by atoms with Crippen LogP contribution in [0.25, 0.3) is 0 Å². The maximum Gasteiger partial charge on any atom is 0.0599 e. The highest BCUT2D eigenvalue weighted by Gasteiger charge is 2.46. The maximum absolute atomic E-state index is 10.5. The fourth-order valence-electron chi connectivity index (χ4n) is 7.01. The van der Waals surface area contributed by atoms with Crippen LogP contribution in [0.1, 0.15) is 119 Å². The third kappa shape index (κ3) is 5.40. The molecule has 2 saturated carbocycles. The highest BCUT2D eigenvalue weighted by atomic mass is 16.3. The molecule has 4 atom stereocenters.